The third-order valence-electron chi connectivity index (χ3n) is 8.30. The maximum absolute atomic E-state index is 11.9. The molecule has 1 fully saturated rings. The molecule has 234 valence electrons. The number of nitrogens with zero attached hydrogens (tertiary/aromatic N) is 1. The molecule has 3 atom stereocenters. The van der Waals surface area contributed by atoms with Crippen LogP contribution in [0.3, 0.4) is 0 Å². The Balaban J connectivity index is 0.000000812. The van der Waals surface area contributed by atoms with Crippen LogP contribution >= 0.6 is 49.6 Å². The Morgan fingerprint density at radius 2 is 1.39 bits per heavy atom. The Bertz CT molecular complexity index is 1040. The maximum atomic E-state index is 11.9. The number of halogens is 4. The lowest BCUT2D eigenvalue weighted by atomic mass is 9.70. The van der Waals surface area contributed by atoms with Gasteiger partial charge in [0, 0.05) is 36.3 Å². The topological polar surface area (TPSA) is 100 Å². The van der Waals surface area contributed by atoms with Gasteiger partial charge in [-0.3, -0.25) is 0 Å². The number of ether oxygens (including phenoxy) is 3. The van der Waals surface area contributed by atoms with Crippen molar-refractivity contribution in [2.24, 2.45) is 23.3 Å². The molecule has 3 unspecified atom stereocenters. The summed E-state index contributed by atoms with van der Waals surface area (Å²) in [7, 11) is 3.42. The quantitative estimate of drug-likeness (QED) is 0.374. The highest BCUT2D eigenvalue weighted by molar-refractivity contribution is 5.86. The molecule has 41 heavy (non-hydrogen) atoms. The Hall–Kier alpha value is -1.61. The summed E-state index contributed by atoms with van der Waals surface area (Å²) < 4.78 is 16.0. The second-order valence-corrected chi connectivity index (χ2v) is 10.3. The summed E-state index contributed by atoms with van der Waals surface area (Å²) in [5.74, 6) is 2.88. The fourth-order valence-electron chi connectivity index (χ4n) is 6.40. The van der Waals surface area contributed by atoms with Crippen molar-refractivity contribution in [1.82, 2.24) is 4.90 Å². The number of fused-ring (bicyclic) bond motifs is 2. The number of benzene rings is 2. The largest absolute Gasteiger partial charge is 0.496 e. The van der Waals surface area contributed by atoms with Gasteiger partial charge in [-0.25, -0.2) is 4.79 Å². The van der Waals surface area contributed by atoms with E-state index in [1.807, 2.05) is 36.1 Å². The Morgan fingerprint density at radius 1 is 0.829 bits per heavy atom. The van der Waals surface area contributed by atoms with Crippen molar-refractivity contribution in [1.29, 1.82) is 0 Å². The first-order chi connectivity index (χ1) is 18.0. The third kappa shape index (κ3) is 9.19. The Morgan fingerprint density at radius 3 is 1.95 bits per heavy atom. The van der Waals surface area contributed by atoms with Crippen molar-refractivity contribution < 1.29 is 19.0 Å². The molecule has 11 heteroatoms. The lowest BCUT2D eigenvalue weighted by Crippen LogP contribution is -2.43. The highest BCUT2D eigenvalue weighted by Gasteiger charge is 2.36. The van der Waals surface area contributed by atoms with E-state index >= 15 is 0 Å². The van der Waals surface area contributed by atoms with Crippen molar-refractivity contribution in [3.8, 4) is 11.5 Å². The van der Waals surface area contributed by atoms with E-state index in [1.54, 1.807) is 14.2 Å². The second-order valence-electron chi connectivity index (χ2n) is 10.3. The number of aryl methyl sites for hydroxylation is 2. The molecule has 1 amide bonds. The summed E-state index contributed by atoms with van der Waals surface area (Å²) in [6.45, 7) is 3.82. The van der Waals surface area contributed by atoms with Crippen LogP contribution in [0.1, 0.15) is 73.4 Å². The maximum Gasteiger partial charge on any atom is 0.409 e. The fraction of sp³-hybridized carbons (Fsp3) is 0.567. The van der Waals surface area contributed by atoms with Gasteiger partial charge in [0.15, 0.2) is 0 Å². The highest BCUT2D eigenvalue weighted by atomic mass is 35.5. The van der Waals surface area contributed by atoms with Gasteiger partial charge in [0.1, 0.15) is 11.5 Å². The SMILES string of the molecule is CCOC(=O)N1CCC(C2CCc3cccc(OC)c3C2N)CC1.COc1cccc2c1C(N)CCC2.Cl.Cl.Cl.Cl. The predicted molar refractivity (Wildman–Crippen MR) is 175 cm³/mol. The van der Waals surface area contributed by atoms with Gasteiger partial charge < -0.3 is 30.6 Å². The van der Waals surface area contributed by atoms with Gasteiger partial charge in [-0.1, -0.05) is 24.3 Å². The van der Waals surface area contributed by atoms with Crippen LogP contribution in [0.5, 0.6) is 11.5 Å². The lowest BCUT2D eigenvalue weighted by Gasteiger charge is -2.41. The molecule has 4 N–H and O–H groups in total. The molecule has 2 aromatic rings. The summed E-state index contributed by atoms with van der Waals surface area (Å²) in [5, 5.41) is 0. The van der Waals surface area contributed by atoms with Gasteiger partial charge in [0.05, 0.1) is 20.8 Å². The number of hydrogen-bond donors (Lipinski definition) is 2. The average molecular weight is 656 g/mol. The van der Waals surface area contributed by atoms with Crippen LogP contribution in [0.4, 0.5) is 4.79 Å². The summed E-state index contributed by atoms with van der Waals surface area (Å²) in [6.07, 6.45) is 7.41. The summed E-state index contributed by atoms with van der Waals surface area (Å²) in [6, 6.07) is 12.6. The zero-order valence-electron chi connectivity index (χ0n) is 24.2. The van der Waals surface area contributed by atoms with E-state index in [4.69, 9.17) is 25.7 Å². The molecule has 1 heterocycles. The minimum atomic E-state index is -0.184. The molecule has 0 bridgehead atoms. The van der Waals surface area contributed by atoms with Gasteiger partial charge in [-0.05, 0) is 87.0 Å². The van der Waals surface area contributed by atoms with Gasteiger partial charge >= 0.3 is 6.09 Å². The van der Waals surface area contributed by atoms with Crippen molar-refractivity contribution in [3.05, 3.63) is 58.7 Å². The van der Waals surface area contributed by atoms with Crippen LogP contribution in [-0.2, 0) is 17.6 Å². The van der Waals surface area contributed by atoms with E-state index in [-0.39, 0.29) is 67.8 Å². The molecule has 1 aliphatic heterocycles. The first-order valence-corrected chi connectivity index (χ1v) is 13.7. The van der Waals surface area contributed by atoms with E-state index < -0.39 is 0 Å². The molecule has 0 spiro atoms. The van der Waals surface area contributed by atoms with Gasteiger partial charge in [-0.2, -0.15) is 0 Å². The number of amides is 1. The first-order valence-electron chi connectivity index (χ1n) is 13.7. The molecular formula is C30H47Cl4N3O4. The van der Waals surface area contributed by atoms with Gasteiger partial charge in [0.2, 0.25) is 0 Å². The third-order valence-corrected chi connectivity index (χ3v) is 8.30. The van der Waals surface area contributed by atoms with Crippen molar-refractivity contribution in [2.75, 3.05) is 33.9 Å². The standard InChI is InChI=1S/C19H28N2O3.C11H15NO.4ClH/c1-3-24-19(22)21-11-9-13(10-12-21)15-8-7-14-5-4-6-16(23-2)17(14)18(15)20;1-13-10-7-3-5-8-4-2-6-9(12)11(8)10;;;;/h4-6,13,15,18H,3,7-12,20H2,1-2H3;3,5,7,9H,2,4,6,12H2,1H3;4*1H. The van der Waals surface area contributed by atoms with E-state index in [1.165, 1.54) is 28.7 Å². The number of carbonyl (C=O) groups excluding carboxylic acids is 1. The van der Waals surface area contributed by atoms with Crippen molar-refractivity contribution in [2.45, 2.75) is 64.0 Å². The number of nitrogens with two attached hydrogens (primary N) is 2. The summed E-state index contributed by atoms with van der Waals surface area (Å²) in [5.41, 5.74) is 17.8. The fourth-order valence-corrected chi connectivity index (χ4v) is 6.40. The molecule has 0 radical (unpaired) electrons. The smallest absolute Gasteiger partial charge is 0.409 e. The number of rotatable bonds is 4. The predicted octanol–water partition coefficient (Wildman–Crippen LogP) is 6.84. The molecule has 2 aromatic carbocycles. The number of likely N-dealkylation sites (tertiary alicyclic amines) is 1. The van der Waals surface area contributed by atoms with Crippen molar-refractivity contribution >= 4 is 55.7 Å². The highest BCUT2D eigenvalue weighted by Crippen LogP contribution is 2.44. The number of carbonyl (C=O) groups is 1. The summed E-state index contributed by atoms with van der Waals surface area (Å²) >= 11 is 0. The van der Waals surface area contributed by atoms with Gasteiger partial charge in [-0.15, -0.1) is 49.6 Å². The minimum Gasteiger partial charge on any atom is -0.496 e. The van der Waals surface area contributed by atoms with Crippen molar-refractivity contribution in [3.63, 3.8) is 0 Å². The zero-order chi connectivity index (χ0) is 26.4. The minimum absolute atomic E-state index is 0. The first kappa shape index (κ1) is 39.4. The van der Waals surface area contributed by atoms with Crippen LogP contribution in [0, 0.1) is 11.8 Å². The lowest BCUT2D eigenvalue weighted by molar-refractivity contribution is 0.0789. The number of methoxy groups -OCH3 is 2. The average Bonchev–Trinajstić information content (AvgIpc) is 2.93. The van der Waals surface area contributed by atoms with E-state index in [0.29, 0.717) is 18.4 Å². The van der Waals surface area contributed by atoms with E-state index in [2.05, 4.69) is 12.1 Å². The number of piperidine rings is 1. The Labute approximate surface area is 270 Å². The van der Waals surface area contributed by atoms with Crippen LogP contribution in [-0.4, -0.2) is 44.9 Å². The molecule has 3 aliphatic rings. The second kappa shape index (κ2) is 18.8. The summed E-state index contributed by atoms with van der Waals surface area (Å²) in [4.78, 5) is 13.7. The van der Waals surface area contributed by atoms with Crippen LogP contribution in [0.15, 0.2) is 36.4 Å². The Kier molecular flexibility index (Phi) is 18.1. The van der Waals surface area contributed by atoms with Gasteiger partial charge in [0.25, 0.3) is 0 Å². The molecule has 1 saturated heterocycles. The normalized spacial score (nSPS) is 20.9. The molecule has 0 aromatic heterocycles. The molecular weight excluding hydrogens is 608 g/mol. The molecule has 2 aliphatic carbocycles. The molecule has 5 rings (SSSR count). The van der Waals surface area contributed by atoms with Crippen LogP contribution in [0.2, 0.25) is 0 Å². The van der Waals surface area contributed by atoms with E-state index in [0.717, 1.165) is 63.1 Å². The zero-order valence-corrected chi connectivity index (χ0v) is 27.5. The molecule has 0 saturated carbocycles. The van der Waals surface area contributed by atoms with E-state index in [9.17, 15) is 4.79 Å². The monoisotopic (exact) mass is 653 g/mol. The van der Waals surface area contributed by atoms with Crippen LogP contribution < -0.4 is 20.9 Å². The van der Waals surface area contributed by atoms with Crippen LogP contribution in [0.25, 0.3) is 0 Å². The number of hydrogen-bond acceptors (Lipinski definition) is 6. The molecule has 7 nitrogen and oxygen atoms in total.